The van der Waals surface area contributed by atoms with E-state index in [-0.39, 0.29) is 18.1 Å². The second-order valence-electron chi connectivity index (χ2n) is 5.20. The Labute approximate surface area is 110 Å². The normalized spacial score (nSPS) is 12.6. The van der Waals surface area contributed by atoms with E-state index in [9.17, 15) is 4.79 Å². The van der Waals surface area contributed by atoms with E-state index < -0.39 is 0 Å². The molecule has 0 radical (unpaired) electrons. The van der Waals surface area contributed by atoms with Gasteiger partial charge in [0.2, 0.25) is 0 Å². The number of hydrogen-bond acceptors (Lipinski definition) is 2. The highest BCUT2D eigenvalue weighted by Crippen LogP contribution is 2.14. The average molecular weight is 249 g/mol. The van der Waals surface area contributed by atoms with Crippen molar-refractivity contribution < 1.29 is 9.53 Å². The lowest BCUT2D eigenvalue weighted by Gasteiger charge is -2.17. The van der Waals surface area contributed by atoms with E-state index in [2.05, 4.69) is 19.2 Å². The summed E-state index contributed by atoms with van der Waals surface area (Å²) in [6.07, 6.45) is 0.144. The van der Waals surface area contributed by atoms with E-state index in [4.69, 9.17) is 4.74 Å². The molecule has 3 heteroatoms. The third-order valence-corrected chi connectivity index (χ3v) is 2.85. The Morgan fingerprint density at radius 2 is 1.61 bits per heavy atom. The number of ether oxygens (including phenoxy) is 1. The molecule has 1 rings (SSSR count). The summed E-state index contributed by atoms with van der Waals surface area (Å²) < 4.78 is 5.54. The van der Waals surface area contributed by atoms with Gasteiger partial charge in [-0.1, -0.05) is 13.8 Å². The molecule has 0 bridgehead atoms. The van der Waals surface area contributed by atoms with Gasteiger partial charge in [-0.3, -0.25) is 4.79 Å². The zero-order chi connectivity index (χ0) is 13.7. The van der Waals surface area contributed by atoms with E-state index in [1.807, 2.05) is 32.9 Å². The van der Waals surface area contributed by atoms with Crippen LogP contribution < -0.4 is 10.1 Å². The SMILES string of the molecule is CC(C)Oc1ccc(C(=O)N[C@H](C)C(C)C)cc1. The van der Waals surface area contributed by atoms with E-state index in [0.29, 0.717) is 11.5 Å². The molecule has 18 heavy (non-hydrogen) atoms. The fraction of sp³-hybridized carbons (Fsp3) is 0.533. The molecule has 1 aromatic carbocycles. The summed E-state index contributed by atoms with van der Waals surface area (Å²) in [6, 6.07) is 7.41. The topological polar surface area (TPSA) is 38.3 Å². The Hall–Kier alpha value is -1.51. The summed E-state index contributed by atoms with van der Waals surface area (Å²) >= 11 is 0. The first-order valence-electron chi connectivity index (χ1n) is 6.47. The summed E-state index contributed by atoms with van der Waals surface area (Å²) in [5.41, 5.74) is 0.665. The standard InChI is InChI=1S/C15H23NO2/c1-10(2)12(5)16-15(17)13-6-8-14(9-7-13)18-11(3)4/h6-12H,1-5H3,(H,16,17)/t12-/m1/s1. The van der Waals surface area contributed by atoms with Crippen LogP contribution in [-0.4, -0.2) is 18.1 Å². The Morgan fingerprint density at radius 3 is 2.06 bits per heavy atom. The predicted octanol–water partition coefficient (Wildman–Crippen LogP) is 3.25. The summed E-state index contributed by atoms with van der Waals surface area (Å²) in [7, 11) is 0. The van der Waals surface area contributed by atoms with Crippen LogP contribution in [0.1, 0.15) is 45.0 Å². The smallest absolute Gasteiger partial charge is 0.251 e. The summed E-state index contributed by atoms with van der Waals surface area (Å²) in [4.78, 5) is 11.9. The Kier molecular flexibility index (Phi) is 5.20. The van der Waals surface area contributed by atoms with Crippen molar-refractivity contribution in [1.29, 1.82) is 0 Å². The maximum Gasteiger partial charge on any atom is 0.251 e. The first-order chi connectivity index (χ1) is 8.40. The molecule has 0 aliphatic carbocycles. The summed E-state index contributed by atoms with van der Waals surface area (Å²) in [5, 5.41) is 2.98. The van der Waals surface area contributed by atoms with Crippen LogP contribution in [0.3, 0.4) is 0 Å². The molecule has 1 atom stereocenters. The van der Waals surface area contributed by atoms with Gasteiger partial charge >= 0.3 is 0 Å². The molecule has 0 aliphatic rings. The van der Waals surface area contributed by atoms with Crippen LogP contribution in [0.2, 0.25) is 0 Å². The molecule has 0 aromatic heterocycles. The highest BCUT2D eigenvalue weighted by atomic mass is 16.5. The molecule has 0 saturated heterocycles. The van der Waals surface area contributed by atoms with Gasteiger partial charge < -0.3 is 10.1 Å². The molecule has 0 spiro atoms. The zero-order valence-electron chi connectivity index (χ0n) is 11.9. The second kappa shape index (κ2) is 6.43. The first-order valence-corrected chi connectivity index (χ1v) is 6.47. The van der Waals surface area contributed by atoms with Crippen molar-refractivity contribution in [3.05, 3.63) is 29.8 Å². The van der Waals surface area contributed by atoms with Gasteiger partial charge in [0.1, 0.15) is 5.75 Å². The van der Waals surface area contributed by atoms with Gasteiger partial charge in [-0.2, -0.15) is 0 Å². The molecule has 0 fully saturated rings. The molecular formula is C15H23NO2. The van der Waals surface area contributed by atoms with E-state index >= 15 is 0 Å². The maximum absolute atomic E-state index is 11.9. The quantitative estimate of drug-likeness (QED) is 0.870. The van der Waals surface area contributed by atoms with E-state index in [0.717, 1.165) is 5.75 Å². The van der Waals surface area contributed by atoms with Gasteiger partial charge in [0.05, 0.1) is 6.10 Å². The number of hydrogen-bond donors (Lipinski definition) is 1. The number of carbonyl (C=O) groups is 1. The second-order valence-corrected chi connectivity index (χ2v) is 5.20. The lowest BCUT2D eigenvalue weighted by molar-refractivity contribution is 0.0930. The van der Waals surface area contributed by atoms with Crippen molar-refractivity contribution in [2.75, 3.05) is 0 Å². The van der Waals surface area contributed by atoms with Gasteiger partial charge in [-0.05, 0) is 51.0 Å². The minimum Gasteiger partial charge on any atom is -0.491 e. The average Bonchev–Trinajstić information content (AvgIpc) is 2.28. The maximum atomic E-state index is 11.9. The van der Waals surface area contributed by atoms with Gasteiger partial charge in [0.15, 0.2) is 0 Å². The highest BCUT2D eigenvalue weighted by Gasteiger charge is 2.12. The van der Waals surface area contributed by atoms with E-state index in [1.54, 1.807) is 12.1 Å². The molecule has 0 aliphatic heterocycles. The van der Waals surface area contributed by atoms with Crippen molar-refractivity contribution in [3.8, 4) is 5.75 Å². The largest absolute Gasteiger partial charge is 0.491 e. The molecule has 3 nitrogen and oxygen atoms in total. The van der Waals surface area contributed by atoms with Crippen LogP contribution >= 0.6 is 0 Å². The first kappa shape index (κ1) is 14.6. The van der Waals surface area contributed by atoms with Crippen LogP contribution in [0.4, 0.5) is 0 Å². The van der Waals surface area contributed by atoms with Crippen LogP contribution in [0.25, 0.3) is 0 Å². The molecule has 0 unspecified atom stereocenters. The zero-order valence-corrected chi connectivity index (χ0v) is 11.9. The highest BCUT2D eigenvalue weighted by molar-refractivity contribution is 5.94. The summed E-state index contributed by atoms with van der Waals surface area (Å²) in [5.74, 6) is 1.18. The van der Waals surface area contributed by atoms with Crippen molar-refractivity contribution in [1.82, 2.24) is 5.32 Å². The van der Waals surface area contributed by atoms with Crippen LogP contribution in [0.15, 0.2) is 24.3 Å². The third-order valence-electron chi connectivity index (χ3n) is 2.85. The molecule has 0 heterocycles. The van der Waals surface area contributed by atoms with Crippen molar-refractivity contribution >= 4 is 5.91 Å². The minimum absolute atomic E-state index is 0.0349. The van der Waals surface area contributed by atoms with Gasteiger partial charge in [0.25, 0.3) is 5.91 Å². The third kappa shape index (κ3) is 4.40. The fourth-order valence-electron chi connectivity index (χ4n) is 1.41. The summed E-state index contributed by atoms with van der Waals surface area (Å²) in [6.45, 7) is 10.1. The Balaban J connectivity index is 2.64. The molecule has 1 aromatic rings. The van der Waals surface area contributed by atoms with E-state index in [1.165, 1.54) is 0 Å². The van der Waals surface area contributed by atoms with Crippen molar-refractivity contribution in [3.63, 3.8) is 0 Å². The number of nitrogens with one attached hydrogen (secondary N) is 1. The number of amides is 1. The van der Waals surface area contributed by atoms with Crippen molar-refractivity contribution in [2.45, 2.75) is 46.8 Å². The van der Waals surface area contributed by atoms with Gasteiger partial charge in [-0.25, -0.2) is 0 Å². The predicted molar refractivity (Wildman–Crippen MR) is 74.0 cm³/mol. The monoisotopic (exact) mass is 249 g/mol. The molecule has 100 valence electrons. The van der Waals surface area contributed by atoms with Crippen LogP contribution in [-0.2, 0) is 0 Å². The van der Waals surface area contributed by atoms with Gasteiger partial charge in [0, 0.05) is 11.6 Å². The Morgan fingerprint density at radius 1 is 1.06 bits per heavy atom. The Bertz CT molecular complexity index is 382. The van der Waals surface area contributed by atoms with Crippen LogP contribution in [0, 0.1) is 5.92 Å². The molecule has 1 N–H and O–H groups in total. The molecule has 1 amide bonds. The fourth-order valence-corrected chi connectivity index (χ4v) is 1.41. The van der Waals surface area contributed by atoms with Gasteiger partial charge in [-0.15, -0.1) is 0 Å². The lowest BCUT2D eigenvalue weighted by atomic mass is 10.1. The number of carbonyl (C=O) groups excluding carboxylic acids is 1. The molecule has 0 saturated carbocycles. The number of rotatable bonds is 5. The van der Waals surface area contributed by atoms with Crippen LogP contribution in [0.5, 0.6) is 5.75 Å². The number of benzene rings is 1. The lowest BCUT2D eigenvalue weighted by Crippen LogP contribution is -2.36. The van der Waals surface area contributed by atoms with Crippen molar-refractivity contribution in [2.24, 2.45) is 5.92 Å². The minimum atomic E-state index is -0.0349. The molecular weight excluding hydrogens is 226 g/mol.